The minimum absolute atomic E-state index is 0.0780. The molecule has 2 rings (SSSR count). The molecule has 0 radical (unpaired) electrons. The molecule has 0 spiro atoms. The van der Waals surface area contributed by atoms with Crippen LogP contribution in [-0.4, -0.2) is 28.4 Å². The SMILES string of the molecule is O=C1C=CC(c2ccccc2)N(C(=O)O)C1. The lowest BCUT2D eigenvalue weighted by atomic mass is 10.0. The van der Waals surface area contributed by atoms with Crippen molar-refractivity contribution in [3.05, 3.63) is 48.0 Å². The monoisotopic (exact) mass is 217 g/mol. The minimum atomic E-state index is -1.08. The Bertz CT molecular complexity index is 439. The second-order valence-electron chi connectivity index (χ2n) is 3.59. The minimum Gasteiger partial charge on any atom is -0.465 e. The van der Waals surface area contributed by atoms with Crippen molar-refractivity contribution < 1.29 is 14.7 Å². The number of carboxylic acid groups (broad SMARTS) is 1. The van der Waals surface area contributed by atoms with Gasteiger partial charge < -0.3 is 5.11 Å². The maximum absolute atomic E-state index is 11.2. The van der Waals surface area contributed by atoms with Gasteiger partial charge in [-0.15, -0.1) is 0 Å². The van der Waals surface area contributed by atoms with Gasteiger partial charge in [0.25, 0.3) is 0 Å². The number of hydrogen-bond donors (Lipinski definition) is 1. The second kappa shape index (κ2) is 4.18. The largest absolute Gasteiger partial charge is 0.465 e. The van der Waals surface area contributed by atoms with Crippen molar-refractivity contribution in [3.63, 3.8) is 0 Å². The quantitative estimate of drug-likeness (QED) is 0.780. The van der Waals surface area contributed by atoms with Crippen LogP contribution >= 0.6 is 0 Å². The third-order valence-corrected chi connectivity index (χ3v) is 2.51. The molecule has 0 aliphatic carbocycles. The van der Waals surface area contributed by atoms with Gasteiger partial charge in [-0.25, -0.2) is 4.79 Å². The van der Waals surface area contributed by atoms with Gasteiger partial charge in [-0.05, 0) is 11.6 Å². The summed E-state index contributed by atoms with van der Waals surface area (Å²) in [6.45, 7) is -0.0780. The van der Waals surface area contributed by atoms with Crippen molar-refractivity contribution >= 4 is 11.9 Å². The maximum atomic E-state index is 11.2. The number of rotatable bonds is 1. The lowest BCUT2D eigenvalue weighted by Crippen LogP contribution is -2.39. The van der Waals surface area contributed by atoms with Crippen LogP contribution in [0, 0.1) is 0 Å². The summed E-state index contributed by atoms with van der Waals surface area (Å²) in [5, 5.41) is 9.03. The summed E-state index contributed by atoms with van der Waals surface area (Å²) in [6, 6.07) is 8.89. The van der Waals surface area contributed by atoms with E-state index in [9.17, 15) is 9.59 Å². The molecular formula is C12H11NO3. The summed E-state index contributed by atoms with van der Waals surface area (Å²) in [5.41, 5.74) is 0.869. The summed E-state index contributed by atoms with van der Waals surface area (Å²) in [5.74, 6) is -0.186. The molecule has 1 aromatic rings. The molecule has 0 bridgehead atoms. The second-order valence-corrected chi connectivity index (χ2v) is 3.59. The Morgan fingerprint density at radius 3 is 2.62 bits per heavy atom. The van der Waals surface area contributed by atoms with E-state index in [0.29, 0.717) is 0 Å². The smallest absolute Gasteiger partial charge is 0.408 e. The molecule has 0 saturated heterocycles. The van der Waals surface area contributed by atoms with Gasteiger partial charge in [0, 0.05) is 0 Å². The number of hydrogen-bond acceptors (Lipinski definition) is 2. The Morgan fingerprint density at radius 2 is 2.00 bits per heavy atom. The van der Waals surface area contributed by atoms with Crippen molar-refractivity contribution in [3.8, 4) is 0 Å². The number of benzene rings is 1. The summed E-state index contributed by atoms with van der Waals surface area (Å²) in [4.78, 5) is 23.3. The van der Waals surface area contributed by atoms with Gasteiger partial charge in [-0.2, -0.15) is 0 Å². The average molecular weight is 217 g/mol. The number of ketones is 1. The molecule has 1 aliphatic heterocycles. The third kappa shape index (κ3) is 1.95. The zero-order chi connectivity index (χ0) is 11.5. The highest BCUT2D eigenvalue weighted by Gasteiger charge is 2.27. The van der Waals surface area contributed by atoms with Crippen molar-refractivity contribution in [1.82, 2.24) is 4.90 Å². The highest BCUT2D eigenvalue weighted by molar-refractivity contribution is 5.94. The summed E-state index contributed by atoms with van der Waals surface area (Å²) >= 11 is 0. The first kappa shape index (κ1) is 10.4. The van der Waals surface area contributed by atoms with Gasteiger partial charge in [0.05, 0.1) is 12.6 Å². The van der Waals surface area contributed by atoms with E-state index in [1.165, 1.54) is 6.08 Å². The molecule has 1 heterocycles. The van der Waals surface area contributed by atoms with E-state index in [4.69, 9.17) is 5.11 Å². The lowest BCUT2D eigenvalue weighted by Gasteiger charge is -2.29. The predicted octanol–water partition coefficient (Wildman–Crippen LogP) is 1.85. The fourth-order valence-electron chi connectivity index (χ4n) is 1.75. The first-order valence-electron chi connectivity index (χ1n) is 4.94. The molecule has 1 aromatic carbocycles. The topological polar surface area (TPSA) is 57.6 Å². The number of carbonyl (C=O) groups excluding carboxylic acids is 1. The Kier molecular flexibility index (Phi) is 2.72. The summed E-state index contributed by atoms with van der Waals surface area (Å²) in [6.07, 6.45) is 1.98. The van der Waals surface area contributed by atoms with Gasteiger partial charge in [0.1, 0.15) is 0 Å². The van der Waals surface area contributed by atoms with Gasteiger partial charge >= 0.3 is 6.09 Å². The van der Waals surface area contributed by atoms with Gasteiger partial charge in [-0.3, -0.25) is 9.69 Å². The van der Waals surface area contributed by atoms with Crippen molar-refractivity contribution in [2.45, 2.75) is 6.04 Å². The van der Waals surface area contributed by atoms with E-state index in [0.717, 1.165) is 10.5 Å². The Hall–Kier alpha value is -2.10. The molecule has 1 aliphatic rings. The first-order valence-corrected chi connectivity index (χ1v) is 4.94. The average Bonchev–Trinajstić information content (AvgIpc) is 2.30. The van der Waals surface area contributed by atoms with E-state index >= 15 is 0 Å². The molecule has 4 nitrogen and oxygen atoms in total. The zero-order valence-corrected chi connectivity index (χ0v) is 8.54. The van der Waals surface area contributed by atoms with Crippen molar-refractivity contribution in [2.75, 3.05) is 6.54 Å². The van der Waals surface area contributed by atoms with E-state index in [2.05, 4.69) is 0 Å². The van der Waals surface area contributed by atoms with Crippen LogP contribution in [-0.2, 0) is 4.79 Å². The molecule has 82 valence electrons. The molecule has 0 fully saturated rings. The predicted molar refractivity (Wildman–Crippen MR) is 58.1 cm³/mol. The summed E-state index contributed by atoms with van der Waals surface area (Å²) < 4.78 is 0. The molecule has 16 heavy (non-hydrogen) atoms. The van der Waals surface area contributed by atoms with Gasteiger partial charge in [-0.1, -0.05) is 36.4 Å². The van der Waals surface area contributed by atoms with E-state index in [1.807, 2.05) is 30.3 Å². The molecule has 1 unspecified atom stereocenters. The highest BCUT2D eigenvalue weighted by atomic mass is 16.4. The standard InChI is InChI=1S/C12H11NO3/c14-10-6-7-11(13(8-10)12(15)16)9-4-2-1-3-5-9/h1-7,11H,8H2,(H,15,16). The molecule has 0 saturated carbocycles. The number of amides is 1. The van der Waals surface area contributed by atoms with Crippen molar-refractivity contribution in [1.29, 1.82) is 0 Å². The molecule has 1 amide bonds. The Balaban J connectivity index is 2.35. The van der Waals surface area contributed by atoms with Crippen LogP contribution in [0.3, 0.4) is 0 Å². The number of nitrogens with zero attached hydrogens (tertiary/aromatic N) is 1. The highest BCUT2D eigenvalue weighted by Crippen LogP contribution is 2.24. The van der Waals surface area contributed by atoms with E-state index < -0.39 is 6.09 Å². The fourth-order valence-corrected chi connectivity index (χ4v) is 1.75. The van der Waals surface area contributed by atoms with Crippen molar-refractivity contribution in [2.24, 2.45) is 0 Å². The molecular weight excluding hydrogens is 206 g/mol. The van der Waals surface area contributed by atoms with Crippen LogP contribution in [0.4, 0.5) is 4.79 Å². The maximum Gasteiger partial charge on any atom is 0.408 e. The van der Waals surface area contributed by atoms with Crippen LogP contribution < -0.4 is 0 Å². The van der Waals surface area contributed by atoms with Crippen LogP contribution in [0.25, 0.3) is 0 Å². The fraction of sp³-hybridized carbons (Fsp3) is 0.167. The molecule has 1 atom stereocenters. The van der Waals surface area contributed by atoms with Crippen LogP contribution in [0.1, 0.15) is 11.6 Å². The number of carbonyl (C=O) groups is 2. The van der Waals surface area contributed by atoms with Crippen LogP contribution in [0.5, 0.6) is 0 Å². The Morgan fingerprint density at radius 1 is 1.31 bits per heavy atom. The van der Waals surface area contributed by atoms with E-state index in [-0.39, 0.29) is 18.4 Å². The lowest BCUT2D eigenvalue weighted by molar-refractivity contribution is -0.116. The third-order valence-electron chi connectivity index (χ3n) is 2.51. The van der Waals surface area contributed by atoms with E-state index in [1.54, 1.807) is 6.08 Å². The molecule has 1 N–H and O–H groups in total. The zero-order valence-electron chi connectivity index (χ0n) is 8.54. The Labute approximate surface area is 92.8 Å². The van der Waals surface area contributed by atoms with Gasteiger partial charge in [0.15, 0.2) is 5.78 Å². The summed E-state index contributed by atoms with van der Waals surface area (Å²) in [7, 11) is 0. The van der Waals surface area contributed by atoms with Gasteiger partial charge in [0.2, 0.25) is 0 Å². The first-order chi connectivity index (χ1) is 7.68. The normalized spacial score (nSPS) is 19.9. The van der Waals surface area contributed by atoms with Crippen LogP contribution in [0.2, 0.25) is 0 Å². The van der Waals surface area contributed by atoms with Crippen LogP contribution in [0.15, 0.2) is 42.5 Å². The molecule has 0 aromatic heterocycles. The molecule has 4 heteroatoms.